The van der Waals surface area contributed by atoms with Crippen LogP contribution in [0.15, 0.2) is 29.2 Å². The molecular weight excluding hydrogens is 320 g/mol. The van der Waals surface area contributed by atoms with Gasteiger partial charge < -0.3 is 15.4 Å². The van der Waals surface area contributed by atoms with Crippen LogP contribution in [0.5, 0.6) is 0 Å². The molecule has 0 heterocycles. The molecule has 0 saturated carbocycles. The number of thiocarbonyl (C=S) groups is 1. The Labute approximate surface area is 138 Å². The zero-order chi connectivity index (χ0) is 16.4. The van der Waals surface area contributed by atoms with Crippen molar-refractivity contribution in [2.75, 3.05) is 32.6 Å². The Kier molecular flexibility index (Phi) is 8.37. The van der Waals surface area contributed by atoms with Gasteiger partial charge in [-0.25, -0.2) is 8.42 Å². The van der Waals surface area contributed by atoms with Crippen LogP contribution in [0.2, 0.25) is 0 Å². The van der Waals surface area contributed by atoms with Crippen LogP contribution >= 0.6 is 12.2 Å². The number of hydrogen-bond acceptors (Lipinski definition) is 4. The standard InChI is InChI=1S/C15H24N2O3S2/c1-13-5-7-14(8-6-13)22(18,19)12-4-10-17-15(21)16-9-3-11-20-2/h5-8H,3-4,9-12H2,1-2H3,(H2,16,17,21). The van der Waals surface area contributed by atoms with E-state index in [1.165, 1.54) is 0 Å². The first kappa shape index (κ1) is 18.9. The molecule has 1 aromatic rings. The van der Waals surface area contributed by atoms with Gasteiger partial charge in [0.05, 0.1) is 10.6 Å². The van der Waals surface area contributed by atoms with E-state index >= 15 is 0 Å². The molecule has 0 aromatic heterocycles. The molecule has 124 valence electrons. The summed E-state index contributed by atoms with van der Waals surface area (Å²) in [5.41, 5.74) is 1.05. The lowest BCUT2D eigenvalue weighted by atomic mass is 10.2. The third-order valence-corrected chi connectivity index (χ3v) is 5.17. The fraction of sp³-hybridized carbons (Fsp3) is 0.533. The van der Waals surface area contributed by atoms with E-state index in [1.54, 1.807) is 19.2 Å². The van der Waals surface area contributed by atoms with Gasteiger partial charge in [-0.05, 0) is 44.1 Å². The molecule has 0 atom stereocenters. The van der Waals surface area contributed by atoms with Crippen LogP contribution < -0.4 is 10.6 Å². The number of rotatable bonds is 9. The van der Waals surface area contributed by atoms with Crippen molar-refractivity contribution < 1.29 is 13.2 Å². The van der Waals surface area contributed by atoms with Gasteiger partial charge in [0.25, 0.3) is 0 Å². The fourth-order valence-corrected chi connectivity index (χ4v) is 3.32. The molecule has 0 aliphatic heterocycles. The van der Waals surface area contributed by atoms with Crippen molar-refractivity contribution in [1.82, 2.24) is 10.6 Å². The Morgan fingerprint density at radius 1 is 1.14 bits per heavy atom. The van der Waals surface area contributed by atoms with Gasteiger partial charge in [0, 0.05) is 26.8 Å². The van der Waals surface area contributed by atoms with E-state index in [1.807, 2.05) is 19.1 Å². The summed E-state index contributed by atoms with van der Waals surface area (Å²) in [5.74, 6) is 0.106. The van der Waals surface area contributed by atoms with Crippen LogP contribution in [-0.2, 0) is 14.6 Å². The van der Waals surface area contributed by atoms with Crippen molar-refractivity contribution in [3.63, 3.8) is 0 Å². The second-order valence-corrected chi connectivity index (χ2v) is 7.53. The minimum atomic E-state index is -3.22. The summed E-state index contributed by atoms with van der Waals surface area (Å²) in [7, 11) is -1.56. The van der Waals surface area contributed by atoms with Gasteiger partial charge in [-0.2, -0.15) is 0 Å². The van der Waals surface area contributed by atoms with Gasteiger partial charge in [-0.1, -0.05) is 17.7 Å². The summed E-state index contributed by atoms with van der Waals surface area (Å²) in [6, 6.07) is 6.93. The Hall–Kier alpha value is -1.18. The zero-order valence-corrected chi connectivity index (χ0v) is 14.7. The fourth-order valence-electron chi connectivity index (χ4n) is 1.81. The maximum atomic E-state index is 12.1. The summed E-state index contributed by atoms with van der Waals surface area (Å²) in [6.45, 7) is 3.88. The summed E-state index contributed by atoms with van der Waals surface area (Å²) in [6.07, 6.45) is 1.39. The van der Waals surface area contributed by atoms with E-state index in [-0.39, 0.29) is 5.75 Å². The maximum absolute atomic E-state index is 12.1. The quantitative estimate of drug-likeness (QED) is 0.525. The second-order valence-electron chi connectivity index (χ2n) is 5.01. The van der Waals surface area contributed by atoms with Gasteiger partial charge in [0.2, 0.25) is 0 Å². The summed E-state index contributed by atoms with van der Waals surface area (Å²) in [5, 5.41) is 6.60. The highest BCUT2D eigenvalue weighted by atomic mass is 32.2. The third kappa shape index (κ3) is 7.20. The number of aryl methyl sites for hydroxylation is 1. The highest BCUT2D eigenvalue weighted by Crippen LogP contribution is 2.12. The van der Waals surface area contributed by atoms with Crippen LogP contribution in [0.3, 0.4) is 0 Å². The number of ether oxygens (including phenoxy) is 1. The predicted octanol–water partition coefficient (Wildman–Crippen LogP) is 1.66. The van der Waals surface area contributed by atoms with Crippen molar-refractivity contribution in [1.29, 1.82) is 0 Å². The molecule has 7 heteroatoms. The first-order valence-corrected chi connectivity index (χ1v) is 9.32. The van der Waals surface area contributed by atoms with Gasteiger partial charge >= 0.3 is 0 Å². The minimum Gasteiger partial charge on any atom is -0.385 e. The first-order valence-electron chi connectivity index (χ1n) is 7.26. The number of methoxy groups -OCH3 is 1. The van der Waals surface area contributed by atoms with Crippen LogP contribution in [-0.4, -0.2) is 46.1 Å². The predicted molar refractivity (Wildman–Crippen MR) is 92.9 cm³/mol. The molecule has 1 rings (SSSR count). The van der Waals surface area contributed by atoms with E-state index in [4.69, 9.17) is 17.0 Å². The minimum absolute atomic E-state index is 0.106. The van der Waals surface area contributed by atoms with Crippen LogP contribution in [0.25, 0.3) is 0 Å². The normalized spacial score (nSPS) is 11.2. The molecule has 5 nitrogen and oxygen atoms in total. The molecule has 0 saturated heterocycles. The molecule has 0 unspecified atom stereocenters. The number of nitrogens with one attached hydrogen (secondary N) is 2. The molecule has 0 amide bonds. The van der Waals surface area contributed by atoms with Crippen molar-refractivity contribution >= 4 is 27.2 Å². The molecule has 0 fully saturated rings. The van der Waals surface area contributed by atoms with Gasteiger partial charge in [-0.15, -0.1) is 0 Å². The molecule has 1 aromatic carbocycles. The topological polar surface area (TPSA) is 67.4 Å². The Balaban J connectivity index is 2.26. The van der Waals surface area contributed by atoms with Crippen molar-refractivity contribution in [3.8, 4) is 0 Å². The average molecular weight is 345 g/mol. The molecule has 0 radical (unpaired) electrons. The number of sulfone groups is 1. The van der Waals surface area contributed by atoms with Crippen LogP contribution in [0.4, 0.5) is 0 Å². The molecule has 0 aliphatic rings. The van der Waals surface area contributed by atoms with E-state index in [9.17, 15) is 8.42 Å². The molecule has 0 aliphatic carbocycles. The highest BCUT2D eigenvalue weighted by Gasteiger charge is 2.13. The molecular formula is C15H24N2O3S2. The number of benzene rings is 1. The van der Waals surface area contributed by atoms with Crippen molar-refractivity contribution in [3.05, 3.63) is 29.8 Å². The van der Waals surface area contributed by atoms with E-state index in [2.05, 4.69) is 10.6 Å². The van der Waals surface area contributed by atoms with Gasteiger partial charge in [0.1, 0.15) is 0 Å². The third-order valence-electron chi connectivity index (χ3n) is 3.07. The van der Waals surface area contributed by atoms with Gasteiger partial charge in [0.15, 0.2) is 14.9 Å². The van der Waals surface area contributed by atoms with E-state index in [0.717, 1.165) is 18.5 Å². The second kappa shape index (κ2) is 9.76. The maximum Gasteiger partial charge on any atom is 0.178 e. The highest BCUT2D eigenvalue weighted by molar-refractivity contribution is 7.91. The lowest BCUT2D eigenvalue weighted by Crippen LogP contribution is -2.37. The summed E-state index contributed by atoms with van der Waals surface area (Å²) < 4.78 is 29.2. The Bertz CT molecular complexity index is 557. The smallest absolute Gasteiger partial charge is 0.178 e. The average Bonchev–Trinajstić information content (AvgIpc) is 2.49. The van der Waals surface area contributed by atoms with Crippen molar-refractivity contribution in [2.24, 2.45) is 0 Å². The largest absolute Gasteiger partial charge is 0.385 e. The molecule has 0 bridgehead atoms. The van der Waals surface area contributed by atoms with Crippen molar-refractivity contribution in [2.45, 2.75) is 24.7 Å². The molecule has 22 heavy (non-hydrogen) atoms. The monoisotopic (exact) mass is 344 g/mol. The summed E-state index contributed by atoms with van der Waals surface area (Å²) >= 11 is 5.11. The lowest BCUT2D eigenvalue weighted by Gasteiger charge is -2.10. The Morgan fingerprint density at radius 2 is 1.73 bits per heavy atom. The molecule has 0 spiro atoms. The summed E-state index contributed by atoms with van der Waals surface area (Å²) in [4.78, 5) is 0.373. The number of hydrogen-bond donors (Lipinski definition) is 2. The SMILES string of the molecule is COCCCNC(=S)NCCCS(=O)(=O)c1ccc(C)cc1. The van der Waals surface area contributed by atoms with E-state index in [0.29, 0.717) is 29.6 Å². The van der Waals surface area contributed by atoms with Crippen LogP contribution in [0.1, 0.15) is 18.4 Å². The Morgan fingerprint density at radius 3 is 2.32 bits per heavy atom. The van der Waals surface area contributed by atoms with Gasteiger partial charge in [-0.3, -0.25) is 0 Å². The molecule has 2 N–H and O–H groups in total. The van der Waals surface area contributed by atoms with Crippen LogP contribution in [0, 0.1) is 6.92 Å². The lowest BCUT2D eigenvalue weighted by molar-refractivity contribution is 0.195. The first-order chi connectivity index (χ1) is 10.5. The van der Waals surface area contributed by atoms with E-state index < -0.39 is 9.84 Å². The zero-order valence-electron chi connectivity index (χ0n) is 13.1.